The number of unbranched alkanes of at least 4 members (excludes halogenated alkanes) is 5. The van der Waals surface area contributed by atoms with Crippen molar-refractivity contribution in [3.8, 4) is 0 Å². The number of hydrogen-bond acceptors (Lipinski definition) is 5. The van der Waals surface area contributed by atoms with Crippen molar-refractivity contribution in [2.45, 2.75) is 77.2 Å². The van der Waals surface area contributed by atoms with Gasteiger partial charge in [-0.15, -0.1) is 0 Å². The Kier molecular flexibility index (Phi) is 15.9. The van der Waals surface area contributed by atoms with E-state index in [1.165, 1.54) is 44.1 Å². The molecule has 5 nitrogen and oxygen atoms in total. The summed E-state index contributed by atoms with van der Waals surface area (Å²) in [5.74, 6) is -0.692. The predicted octanol–water partition coefficient (Wildman–Crippen LogP) is 5.11. The van der Waals surface area contributed by atoms with Crippen LogP contribution in [0, 0.1) is 5.92 Å². The Labute approximate surface area is 185 Å². The molecule has 1 aromatic carbocycles. The Bertz CT molecular complexity index is 486. The first-order valence-electron chi connectivity index (χ1n) is 11.8. The van der Waals surface area contributed by atoms with E-state index in [1.54, 1.807) is 21.3 Å². The zero-order valence-corrected chi connectivity index (χ0v) is 19.9. The highest BCUT2D eigenvalue weighted by Crippen LogP contribution is 2.32. The van der Waals surface area contributed by atoms with Crippen LogP contribution in [0.5, 0.6) is 0 Å². The molecule has 0 aliphatic rings. The van der Waals surface area contributed by atoms with E-state index < -0.39 is 5.97 Å². The molecule has 0 saturated heterocycles. The Balaban J connectivity index is 2.25. The zero-order chi connectivity index (χ0) is 21.9. The molecule has 0 aromatic heterocycles. The molecule has 1 aromatic rings. The van der Waals surface area contributed by atoms with Gasteiger partial charge in [-0.25, -0.2) is 0 Å². The first-order chi connectivity index (χ1) is 14.7. The van der Waals surface area contributed by atoms with Gasteiger partial charge >= 0.3 is 0 Å². The van der Waals surface area contributed by atoms with Crippen LogP contribution in [0.25, 0.3) is 0 Å². The molecule has 5 heteroatoms. The van der Waals surface area contributed by atoms with Crippen LogP contribution in [0.4, 0.5) is 0 Å². The van der Waals surface area contributed by atoms with Crippen molar-refractivity contribution in [1.29, 1.82) is 0 Å². The first-order valence-corrected chi connectivity index (χ1v) is 11.8. The maximum absolute atomic E-state index is 5.67. The average molecular weight is 423 g/mol. The molecule has 0 radical (unpaired) electrons. The van der Waals surface area contributed by atoms with Gasteiger partial charge in [-0.3, -0.25) is 0 Å². The largest absolute Gasteiger partial charge is 0.331 e. The molecule has 0 spiro atoms. The SMILES string of the molecule is CCCCCCCCC(CCCNCCNCc1ccccc1)C(OC)(OC)OC. The third kappa shape index (κ3) is 10.9. The number of rotatable bonds is 20. The van der Waals surface area contributed by atoms with E-state index in [9.17, 15) is 0 Å². The van der Waals surface area contributed by atoms with Crippen LogP contribution in [0.3, 0.4) is 0 Å². The Morgan fingerprint density at radius 3 is 2.00 bits per heavy atom. The monoisotopic (exact) mass is 422 g/mol. The molecule has 2 N–H and O–H groups in total. The average Bonchev–Trinajstić information content (AvgIpc) is 2.79. The third-order valence-corrected chi connectivity index (χ3v) is 5.82. The predicted molar refractivity (Wildman–Crippen MR) is 125 cm³/mol. The van der Waals surface area contributed by atoms with Crippen molar-refractivity contribution in [1.82, 2.24) is 10.6 Å². The van der Waals surface area contributed by atoms with E-state index in [1.807, 2.05) is 0 Å². The molecule has 1 atom stereocenters. The summed E-state index contributed by atoms with van der Waals surface area (Å²) in [6, 6.07) is 10.5. The van der Waals surface area contributed by atoms with Gasteiger partial charge in [-0.2, -0.15) is 0 Å². The van der Waals surface area contributed by atoms with Crippen LogP contribution < -0.4 is 10.6 Å². The van der Waals surface area contributed by atoms with E-state index in [2.05, 4.69) is 47.9 Å². The maximum Gasteiger partial charge on any atom is 0.285 e. The van der Waals surface area contributed by atoms with Gasteiger partial charge in [-0.05, 0) is 31.4 Å². The van der Waals surface area contributed by atoms with E-state index in [0.717, 1.165) is 45.4 Å². The van der Waals surface area contributed by atoms with Gasteiger partial charge < -0.3 is 24.8 Å². The highest BCUT2D eigenvalue weighted by molar-refractivity contribution is 5.14. The molecule has 1 unspecified atom stereocenters. The molecular weight excluding hydrogens is 376 g/mol. The van der Waals surface area contributed by atoms with Crippen molar-refractivity contribution in [2.75, 3.05) is 41.0 Å². The van der Waals surface area contributed by atoms with Crippen molar-refractivity contribution in [2.24, 2.45) is 5.92 Å². The van der Waals surface area contributed by atoms with Crippen LogP contribution in [0.2, 0.25) is 0 Å². The van der Waals surface area contributed by atoms with Gasteiger partial charge in [0.15, 0.2) is 0 Å². The normalized spacial score (nSPS) is 12.9. The van der Waals surface area contributed by atoms with Crippen molar-refractivity contribution < 1.29 is 14.2 Å². The Morgan fingerprint density at radius 1 is 0.733 bits per heavy atom. The molecule has 0 aliphatic heterocycles. The van der Waals surface area contributed by atoms with Crippen molar-refractivity contribution in [3.63, 3.8) is 0 Å². The lowest BCUT2D eigenvalue weighted by Gasteiger charge is -2.36. The number of ether oxygens (including phenoxy) is 3. The summed E-state index contributed by atoms with van der Waals surface area (Å²) in [5.41, 5.74) is 1.32. The van der Waals surface area contributed by atoms with E-state index >= 15 is 0 Å². The van der Waals surface area contributed by atoms with Crippen LogP contribution in [0.15, 0.2) is 30.3 Å². The smallest absolute Gasteiger partial charge is 0.285 e. The molecule has 0 heterocycles. The third-order valence-electron chi connectivity index (χ3n) is 5.82. The maximum atomic E-state index is 5.67. The van der Waals surface area contributed by atoms with Crippen LogP contribution in [-0.4, -0.2) is 46.9 Å². The highest BCUT2D eigenvalue weighted by atomic mass is 16.9. The van der Waals surface area contributed by atoms with Crippen LogP contribution >= 0.6 is 0 Å². The second kappa shape index (κ2) is 17.7. The quantitative estimate of drug-likeness (QED) is 0.226. The summed E-state index contributed by atoms with van der Waals surface area (Å²) in [6.07, 6.45) is 10.9. The summed E-state index contributed by atoms with van der Waals surface area (Å²) in [4.78, 5) is 0. The molecule has 0 amide bonds. The van der Waals surface area contributed by atoms with Gasteiger partial charge in [0.2, 0.25) is 0 Å². The fourth-order valence-corrected chi connectivity index (χ4v) is 4.02. The van der Waals surface area contributed by atoms with Crippen LogP contribution in [-0.2, 0) is 20.8 Å². The number of methoxy groups -OCH3 is 3. The van der Waals surface area contributed by atoms with E-state index in [4.69, 9.17) is 14.2 Å². The summed E-state index contributed by atoms with van der Waals surface area (Å²) >= 11 is 0. The second-order valence-electron chi connectivity index (χ2n) is 8.02. The molecular formula is C25H46N2O3. The molecule has 30 heavy (non-hydrogen) atoms. The lowest BCUT2D eigenvalue weighted by molar-refractivity contribution is -0.380. The van der Waals surface area contributed by atoms with E-state index in [-0.39, 0.29) is 5.92 Å². The minimum absolute atomic E-state index is 0.238. The zero-order valence-electron chi connectivity index (χ0n) is 19.9. The van der Waals surface area contributed by atoms with Crippen molar-refractivity contribution in [3.05, 3.63) is 35.9 Å². The molecule has 0 fully saturated rings. The summed E-state index contributed by atoms with van der Waals surface area (Å²) in [6.45, 7) is 6.11. The molecule has 174 valence electrons. The number of benzene rings is 1. The molecule has 0 saturated carbocycles. The van der Waals surface area contributed by atoms with Gasteiger partial charge in [0.25, 0.3) is 5.97 Å². The fourth-order valence-electron chi connectivity index (χ4n) is 4.02. The van der Waals surface area contributed by atoms with E-state index in [0.29, 0.717) is 0 Å². The lowest BCUT2D eigenvalue weighted by atomic mass is 9.93. The fraction of sp³-hybridized carbons (Fsp3) is 0.760. The van der Waals surface area contributed by atoms with Gasteiger partial charge in [-0.1, -0.05) is 75.8 Å². The second-order valence-corrected chi connectivity index (χ2v) is 8.02. The minimum Gasteiger partial charge on any atom is -0.331 e. The topological polar surface area (TPSA) is 51.8 Å². The Morgan fingerprint density at radius 2 is 1.33 bits per heavy atom. The van der Waals surface area contributed by atoms with Gasteiger partial charge in [0.05, 0.1) is 0 Å². The van der Waals surface area contributed by atoms with Gasteiger partial charge in [0, 0.05) is 46.9 Å². The first kappa shape index (κ1) is 27.1. The summed E-state index contributed by atoms with van der Waals surface area (Å²) < 4.78 is 17.0. The molecule has 0 bridgehead atoms. The highest BCUT2D eigenvalue weighted by Gasteiger charge is 2.39. The van der Waals surface area contributed by atoms with Crippen LogP contribution in [0.1, 0.15) is 70.3 Å². The standard InChI is InChI=1S/C25H46N2O3/c1-5-6-7-8-9-13-17-24(25(28-2,29-3)30-4)18-14-19-26-20-21-27-22-23-15-11-10-12-16-23/h10-12,15-16,24,26-27H,5-9,13-14,17-22H2,1-4H3. The number of hydrogen-bond donors (Lipinski definition) is 2. The minimum atomic E-state index is -0.930. The molecule has 0 aliphatic carbocycles. The lowest BCUT2D eigenvalue weighted by Crippen LogP contribution is -2.44. The van der Waals surface area contributed by atoms with Crippen molar-refractivity contribution >= 4 is 0 Å². The number of nitrogens with one attached hydrogen (secondary N) is 2. The molecule has 1 rings (SSSR count). The van der Waals surface area contributed by atoms with Gasteiger partial charge in [0.1, 0.15) is 0 Å². The Hall–Kier alpha value is -0.980. The summed E-state index contributed by atoms with van der Waals surface area (Å²) in [7, 11) is 5.04. The summed E-state index contributed by atoms with van der Waals surface area (Å²) in [5, 5.41) is 7.02.